The maximum atomic E-state index is 5.84. The Bertz CT molecular complexity index is 288. The summed E-state index contributed by atoms with van der Waals surface area (Å²) in [6.07, 6.45) is 3.61. The molecule has 1 atom stereocenters. The molecule has 2 nitrogen and oxygen atoms in total. The Morgan fingerprint density at radius 3 is 2.73 bits per heavy atom. The molecule has 2 heteroatoms. The van der Waals surface area contributed by atoms with E-state index in [1.54, 1.807) is 0 Å². The van der Waals surface area contributed by atoms with Crippen molar-refractivity contribution >= 4 is 0 Å². The van der Waals surface area contributed by atoms with Crippen molar-refractivity contribution in [2.24, 2.45) is 0 Å². The van der Waals surface area contributed by atoms with Gasteiger partial charge in [-0.25, -0.2) is 0 Å². The lowest BCUT2D eigenvalue weighted by atomic mass is 10.1. The summed E-state index contributed by atoms with van der Waals surface area (Å²) in [6, 6.07) is 8.37. The average molecular weight is 204 g/mol. The van der Waals surface area contributed by atoms with Gasteiger partial charge in [0, 0.05) is 0 Å². The van der Waals surface area contributed by atoms with Crippen LogP contribution in [0.25, 0.3) is 0 Å². The van der Waals surface area contributed by atoms with E-state index >= 15 is 0 Å². The topological polar surface area (TPSA) is 21.3 Å². The van der Waals surface area contributed by atoms with Gasteiger partial charge in [0.2, 0.25) is 0 Å². The number of ether oxygens (including phenoxy) is 1. The van der Waals surface area contributed by atoms with Gasteiger partial charge in [-0.15, -0.1) is 0 Å². The third-order valence-corrected chi connectivity index (χ3v) is 2.73. The molecule has 0 aromatic heterocycles. The molecule has 81 valence electrons. The van der Waals surface area contributed by atoms with Crippen molar-refractivity contribution in [2.45, 2.75) is 32.3 Å². The molecular formula is C13H18NO. The van der Waals surface area contributed by atoms with Crippen LogP contribution in [-0.4, -0.2) is 12.6 Å². The first-order chi connectivity index (χ1) is 7.38. The quantitative estimate of drug-likeness (QED) is 0.817. The van der Waals surface area contributed by atoms with Gasteiger partial charge in [0.25, 0.3) is 0 Å². The van der Waals surface area contributed by atoms with Gasteiger partial charge in [-0.3, -0.25) is 0 Å². The predicted molar refractivity (Wildman–Crippen MR) is 61.8 cm³/mol. The van der Waals surface area contributed by atoms with Crippen molar-refractivity contribution in [1.29, 1.82) is 0 Å². The molecule has 0 aliphatic carbocycles. The van der Waals surface area contributed by atoms with Crippen molar-refractivity contribution in [3.8, 4) is 5.75 Å². The second kappa shape index (κ2) is 5.17. The standard InChI is InChI=1S/C13H18NO/c1-2-11-5-7-12(8-6-11)15-13-4-3-9-14-10-13/h5-8,10,13-14H,2-4,9H2,1H3. The van der Waals surface area contributed by atoms with Crippen LogP contribution in [0.2, 0.25) is 0 Å². The molecule has 0 amide bonds. The van der Waals surface area contributed by atoms with E-state index in [0.717, 1.165) is 25.1 Å². The Morgan fingerprint density at radius 1 is 1.33 bits per heavy atom. The second-order valence-electron chi connectivity index (χ2n) is 3.92. The summed E-state index contributed by atoms with van der Waals surface area (Å²) in [6.45, 7) is 5.29. The van der Waals surface area contributed by atoms with Gasteiger partial charge in [0.1, 0.15) is 11.9 Å². The van der Waals surface area contributed by atoms with Crippen LogP contribution in [0, 0.1) is 6.54 Å². The summed E-state index contributed by atoms with van der Waals surface area (Å²) in [5.74, 6) is 0.970. The van der Waals surface area contributed by atoms with Crippen LogP contribution in [0.15, 0.2) is 24.3 Å². The molecule has 1 aliphatic rings. The van der Waals surface area contributed by atoms with Crippen molar-refractivity contribution in [3.63, 3.8) is 0 Å². The third-order valence-electron chi connectivity index (χ3n) is 2.73. The maximum absolute atomic E-state index is 5.84. The summed E-state index contributed by atoms with van der Waals surface area (Å²) in [5, 5.41) is 3.23. The zero-order valence-corrected chi connectivity index (χ0v) is 9.20. The van der Waals surface area contributed by atoms with Crippen LogP contribution in [0.3, 0.4) is 0 Å². The maximum Gasteiger partial charge on any atom is 0.119 e. The SMILES string of the molecule is CCc1ccc(OC2[CH]NCCC2)cc1. The number of benzene rings is 1. The van der Waals surface area contributed by atoms with Crippen molar-refractivity contribution in [3.05, 3.63) is 36.4 Å². The first-order valence-corrected chi connectivity index (χ1v) is 5.71. The Kier molecular flexibility index (Phi) is 3.62. The summed E-state index contributed by atoms with van der Waals surface area (Å²) in [4.78, 5) is 0. The Balaban J connectivity index is 1.91. The Labute approximate surface area is 91.6 Å². The van der Waals surface area contributed by atoms with Crippen LogP contribution in [0.5, 0.6) is 5.75 Å². The molecule has 1 fully saturated rings. The van der Waals surface area contributed by atoms with Crippen LogP contribution < -0.4 is 10.1 Å². The third kappa shape index (κ3) is 2.96. The van der Waals surface area contributed by atoms with E-state index in [2.05, 4.69) is 43.1 Å². The predicted octanol–water partition coefficient (Wildman–Crippen LogP) is 2.54. The summed E-state index contributed by atoms with van der Waals surface area (Å²) < 4.78 is 5.84. The summed E-state index contributed by atoms with van der Waals surface area (Å²) in [7, 11) is 0. The molecule has 1 aromatic rings. The molecule has 1 unspecified atom stereocenters. The molecule has 1 saturated heterocycles. The number of piperidine rings is 1. The van der Waals surface area contributed by atoms with E-state index in [-0.39, 0.29) is 6.10 Å². The largest absolute Gasteiger partial charge is 0.489 e. The number of hydrogen-bond donors (Lipinski definition) is 1. The number of nitrogens with one attached hydrogen (secondary N) is 1. The fraction of sp³-hybridized carbons (Fsp3) is 0.462. The highest BCUT2D eigenvalue weighted by Crippen LogP contribution is 2.17. The number of rotatable bonds is 3. The van der Waals surface area contributed by atoms with E-state index in [9.17, 15) is 0 Å². The first kappa shape index (κ1) is 10.5. The van der Waals surface area contributed by atoms with E-state index in [0.29, 0.717) is 0 Å². The average Bonchev–Trinajstić information content (AvgIpc) is 2.31. The Morgan fingerprint density at radius 2 is 2.13 bits per heavy atom. The summed E-state index contributed by atoms with van der Waals surface area (Å²) in [5.41, 5.74) is 1.35. The molecule has 1 N–H and O–H groups in total. The van der Waals surface area contributed by atoms with E-state index < -0.39 is 0 Å². The van der Waals surface area contributed by atoms with Crippen LogP contribution in [-0.2, 0) is 6.42 Å². The normalized spacial score (nSPS) is 21.3. The highest BCUT2D eigenvalue weighted by atomic mass is 16.5. The van der Waals surface area contributed by atoms with Gasteiger partial charge in [-0.1, -0.05) is 19.1 Å². The highest BCUT2D eigenvalue weighted by Gasteiger charge is 2.14. The van der Waals surface area contributed by atoms with Gasteiger partial charge in [0.15, 0.2) is 0 Å². The van der Waals surface area contributed by atoms with Gasteiger partial charge in [0.05, 0.1) is 6.54 Å². The molecule has 1 radical (unpaired) electrons. The van der Waals surface area contributed by atoms with Crippen LogP contribution in [0.4, 0.5) is 0 Å². The monoisotopic (exact) mass is 204 g/mol. The molecule has 0 saturated carbocycles. The fourth-order valence-electron chi connectivity index (χ4n) is 1.77. The van der Waals surface area contributed by atoms with Crippen LogP contribution in [0.1, 0.15) is 25.3 Å². The lowest BCUT2D eigenvalue weighted by Crippen LogP contribution is -2.32. The molecule has 1 aliphatic heterocycles. The van der Waals surface area contributed by atoms with Gasteiger partial charge in [-0.2, -0.15) is 0 Å². The van der Waals surface area contributed by atoms with Gasteiger partial charge in [-0.05, 0) is 43.5 Å². The molecular weight excluding hydrogens is 186 g/mol. The molecule has 0 spiro atoms. The zero-order chi connectivity index (χ0) is 10.5. The van der Waals surface area contributed by atoms with E-state index in [1.165, 1.54) is 12.0 Å². The van der Waals surface area contributed by atoms with Crippen molar-refractivity contribution in [2.75, 3.05) is 6.54 Å². The second-order valence-corrected chi connectivity index (χ2v) is 3.92. The molecule has 1 aromatic carbocycles. The lowest BCUT2D eigenvalue weighted by Gasteiger charge is -2.23. The van der Waals surface area contributed by atoms with Crippen molar-refractivity contribution < 1.29 is 4.74 Å². The number of aryl methyl sites for hydroxylation is 1. The van der Waals surface area contributed by atoms with E-state index in [4.69, 9.17) is 4.74 Å². The van der Waals surface area contributed by atoms with Crippen molar-refractivity contribution in [1.82, 2.24) is 5.32 Å². The minimum absolute atomic E-state index is 0.228. The lowest BCUT2D eigenvalue weighted by molar-refractivity contribution is 0.195. The number of hydrogen-bond acceptors (Lipinski definition) is 2. The summed E-state index contributed by atoms with van der Waals surface area (Å²) >= 11 is 0. The molecule has 1 heterocycles. The molecule has 15 heavy (non-hydrogen) atoms. The van der Waals surface area contributed by atoms with E-state index in [1.807, 2.05) is 0 Å². The van der Waals surface area contributed by atoms with Gasteiger partial charge < -0.3 is 10.1 Å². The fourth-order valence-corrected chi connectivity index (χ4v) is 1.77. The zero-order valence-electron chi connectivity index (χ0n) is 9.20. The highest BCUT2D eigenvalue weighted by molar-refractivity contribution is 5.27. The first-order valence-electron chi connectivity index (χ1n) is 5.71. The van der Waals surface area contributed by atoms with Gasteiger partial charge >= 0.3 is 0 Å². The molecule has 0 bridgehead atoms. The smallest absolute Gasteiger partial charge is 0.119 e. The van der Waals surface area contributed by atoms with Crippen LogP contribution >= 0.6 is 0 Å². The minimum Gasteiger partial charge on any atom is -0.489 e. The molecule has 2 rings (SSSR count). The minimum atomic E-state index is 0.228. The Hall–Kier alpha value is -1.02.